The Kier molecular flexibility index (Phi) is 2.30. The van der Waals surface area contributed by atoms with E-state index in [4.69, 9.17) is 10.7 Å². The van der Waals surface area contributed by atoms with E-state index in [1.165, 1.54) is 18.7 Å². The summed E-state index contributed by atoms with van der Waals surface area (Å²) < 4.78 is 2.26. The molecule has 4 heteroatoms. The Morgan fingerprint density at radius 1 is 1.50 bits per heavy atom. The Labute approximate surface area is 95.5 Å². The van der Waals surface area contributed by atoms with Crippen LogP contribution in [0.4, 0.5) is 0 Å². The minimum absolute atomic E-state index is 0.0379. The van der Waals surface area contributed by atoms with Gasteiger partial charge in [0, 0.05) is 31.1 Å². The number of aliphatic hydroxyl groups excluding tert-OH is 1. The molecule has 88 valence electrons. The van der Waals surface area contributed by atoms with Gasteiger partial charge in [0.05, 0.1) is 11.8 Å². The van der Waals surface area contributed by atoms with E-state index in [1.807, 2.05) is 0 Å². The second-order valence-electron chi connectivity index (χ2n) is 5.24. The van der Waals surface area contributed by atoms with E-state index in [1.54, 1.807) is 0 Å². The number of hydrogen-bond acceptors (Lipinski definition) is 3. The average molecular weight is 221 g/mol. The highest BCUT2D eigenvalue weighted by molar-refractivity contribution is 5.23. The van der Waals surface area contributed by atoms with E-state index in [2.05, 4.69) is 10.8 Å². The number of aliphatic hydroxyl groups is 1. The Hall–Kier alpha value is -0.870. The van der Waals surface area contributed by atoms with E-state index in [0.717, 1.165) is 31.5 Å². The van der Waals surface area contributed by atoms with Crippen LogP contribution in [0.2, 0.25) is 0 Å². The fourth-order valence-corrected chi connectivity index (χ4v) is 2.99. The summed E-state index contributed by atoms with van der Waals surface area (Å²) in [6, 6.07) is 0. The average Bonchev–Trinajstić information content (AvgIpc) is 2.68. The largest absolute Gasteiger partial charge is 0.393 e. The Bertz CT molecular complexity index is 369. The summed E-state index contributed by atoms with van der Waals surface area (Å²) in [6.45, 7) is 1.69. The van der Waals surface area contributed by atoms with Gasteiger partial charge in [-0.25, -0.2) is 4.98 Å². The molecule has 2 aliphatic rings. The van der Waals surface area contributed by atoms with E-state index < -0.39 is 0 Å². The summed E-state index contributed by atoms with van der Waals surface area (Å²) in [7, 11) is 0. The number of imidazole rings is 1. The molecule has 3 rings (SSSR count). The van der Waals surface area contributed by atoms with Gasteiger partial charge in [-0.15, -0.1) is 0 Å². The summed E-state index contributed by atoms with van der Waals surface area (Å²) in [5.41, 5.74) is 6.93. The molecule has 1 aromatic rings. The van der Waals surface area contributed by atoms with Crippen LogP contribution < -0.4 is 5.73 Å². The minimum Gasteiger partial charge on any atom is -0.393 e. The molecule has 1 aliphatic carbocycles. The third kappa shape index (κ3) is 1.40. The molecule has 0 bridgehead atoms. The van der Waals surface area contributed by atoms with E-state index in [-0.39, 0.29) is 11.5 Å². The lowest BCUT2D eigenvalue weighted by atomic mass is 9.65. The van der Waals surface area contributed by atoms with Crippen LogP contribution in [0.5, 0.6) is 0 Å². The normalized spacial score (nSPS) is 33.2. The first-order valence-corrected chi connectivity index (χ1v) is 6.18. The van der Waals surface area contributed by atoms with Gasteiger partial charge >= 0.3 is 0 Å². The van der Waals surface area contributed by atoms with Gasteiger partial charge in [0.25, 0.3) is 0 Å². The number of aryl methyl sites for hydroxylation is 2. The van der Waals surface area contributed by atoms with Crippen LogP contribution in [-0.2, 0) is 18.4 Å². The second-order valence-corrected chi connectivity index (χ2v) is 5.24. The number of nitrogens with two attached hydrogens (primary N) is 1. The van der Waals surface area contributed by atoms with Crippen molar-refractivity contribution in [1.82, 2.24) is 9.55 Å². The molecule has 0 radical (unpaired) electrons. The summed E-state index contributed by atoms with van der Waals surface area (Å²) in [4.78, 5) is 4.72. The Morgan fingerprint density at radius 3 is 2.94 bits per heavy atom. The Morgan fingerprint density at radius 2 is 2.31 bits per heavy atom. The van der Waals surface area contributed by atoms with Crippen molar-refractivity contribution in [3.63, 3.8) is 0 Å². The third-order valence-corrected chi connectivity index (χ3v) is 4.10. The van der Waals surface area contributed by atoms with Crippen LogP contribution in [0.1, 0.15) is 37.2 Å². The fourth-order valence-electron chi connectivity index (χ4n) is 2.99. The first kappa shape index (κ1) is 10.3. The SMILES string of the molecule is NCC1(c2cn3c(n2)CCCC3)CC(O)C1. The van der Waals surface area contributed by atoms with Gasteiger partial charge in [-0.05, 0) is 25.7 Å². The number of fused-ring (bicyclic) bond motifs is 1. The van der Waals surface area contributed by atoms with Crippen molar-refractivity contribution in [2.45, 2.75) is 50.2 Å². The van der Waals surface area contributed by atoms with Gasteiger partial charge in [-0.3, -0.25) is 0 Å². The molecule has 0 spiro atoms. The van der Waals surface area contributed by atoms with Gasteiger partial charge in [0.2, 0.25) is 0 Å². The van der Waals surface area contributed by atoms with E-state index in [0.29, 0.717) is 6.54 Å². The van der Waals surface area contributed by atoms with Crippen LogP contribution in [0.25, 0.3) is 0 Å². The van der Waals surface area contributed by atoms with Gasteiger partial charge in [0.15, 0.2) is 0 Å². The summed E-state index contributed by atoms with van der Waals surface area (Å²) >= 11 is 0. The lowest BCUT2D eigenvalue weighted by Gasteiger charge is -2.43. The molecule has 1 fully saturated rings. The van der Waals surface area contributed by atoms with Crippen molar-refractivity contribution < 1.29 is 5.11 Å². The summed E-state index contributed by atoms with van der Waals surface area (Å²) in [5.74, 6) is 1.20. The zero-order valence-electron chi connectivity index (χ0n) is 9.52. The van der Waals surface area contributed by atoms with Crippen molar-refractivity contribution in [2.24, 2.45) is 5.73 Å². The lowest BCUT2D eigenvalue weighted by molar-refractivity contribution is 0.0202. The maximum absolute atomic E-state index is 9.49. The van der Waals surface area contributed by atoms with E-state index in [9.17, 15) is 5.11 Å². The highest BCUT2D eigenvalue weighted by Gasteiger charge is 2.45. The Balaban J connectivity index is 1.91. The molecule has 3 N–H and O–H groups in total. The highest BCUT2D eigenvalue weighted by atomic mass is 16.3. The lowest BCUT2D eigenvalue weighted by Crippen LogP contribution is -2.50. The van der Waals surface area contributed by atoms with Gasteiger partial charge in [0.1, 0.15) is 5.82 Å². The molecular weight excluding hydrogens is 202 g/mol. The molecule has 0 amide bonds. The maximum Gasteiger partial charge on any atom is 0.108 e. The number of rotatable bonds is 2. The van der Waals surface area contributed by atoms with Crippen LogP contribution >= 0.6 is 0 Å². The van der Waals surface area contributed by atoms with Crippen molar-refractivity contribution in [3.05, 3.63) is 17.7 Å². The third-order valence-electron chi connectivity index (χ3n) is 4.10. The standard InChI is InChI=1S/C12H19N3O/c13-8-12(5-9(16)6-12)10-7-15-4-2-1-3-11(15)14-10/h7,9,16H,1-6,8,13H2. The zero-order valence-corrected chi connectivity index (χ0v) is 9.52. The van der Waals surface area contributed by atoms with Crippen molar-refractivity contribution in [3.8, 4) is 0 Å². The molecule has 0 aromatic carbocycles. The van der Waals surface area contributed by atoms with Crippen LogP contribution in [0, 0.1) is 0 Å². The quantitative estimate of drug-likeness (QED) is 0.767. The van der Waals surface area contributed by atoms with E-state index >= 15 is 0 Å². The molecular formula is C12H19N3O. The summed E-state index contributed by atoms with van der Waals surface area (Å²) in [5, 5.41) is 9.49. The number of hydrogen-bond donors (Lipinski definition) is 2. The van der Waals surface area contributed by atoms with Crippen LogP contribution in [0.15, 0.2) is 6.20 Å². The molecule has 0 saturated heterocycles. The molecule has 1 saturated carbocycles. The van der Waals surface area contributed by atoms with Gasteiger partial charge in [-0.1, -0.05) is 0 Å². The minimum atomic E-state index is -0.178. The van der Waals surface area contributed by atoms with Crippen molar-refractivity contribution in [1.29, 1.82) is 0 Å². The molecule has 0 unspecified atom stereocenters. The van der Waals surface area contributed by atoms with Crippen LogP contribution in [-0.4, -0.2) is 27.3 Å². The van der Waals surface area contributed by atoms with Gasteiger partial charge in [-0.2, -0.15) is 0 Å². The van der Waals surface area contributed by atoms with Crippen molar-refractivity contribution >= 4 is 0 Å². The second kappa shape index (κ2) is 3.57. The maximum atomic E-state index is 9.49. The van der Waals surface area contributed by atoms with Crippen LogP contribution in [0.3, 0.4) is 0 Å². The molecule has 0 atom stereocenters. The zero-order chi connectivity index (χ0) is 11.2. The first-order valence-electron chi connectivity index (χ1n) is 6.18. The number of aromatic nitrogens is 2. The number of nitrogens with zero attached hydrogens (tertiary/aromatic N) is 2. The topological polar surface area (TPSA) is 64.1 Å². The predicted octanol–water partition coefficient (Wildman–Crippen LogP) is 0.571. The highest BCUT2D eigenvalue weighted by Crippen LogP contribution is 2.42. The summed E-state index contributed by atoms with van der Waals surface area (Å²) in [6.07, 6.45) is 7.12. The molecule has 1 aromatic heterocycles. The monoisotopic (exact) mass is 221 g/mol. The first-order chi connectivity index (χ1) is 7.73. The molecule has 1 aliphatic heterocycles. The smallest absolute Gasteiger partial charge is 0.108 e. The molecule has 4 nitrogen and oxygen atoms in total. The molecule has 16 heavy (non-hydrogen) atoms. The van der Waals surface area contributed by atoms with Crippen molar-refractivity contribution in [2.75, 3.05) is 6.54 Å². The predicted molar refractivity (Wildman–Crippen MR) is 61.1 cm³/mol. The molecule has 2 heterocycles. The van der Waals surface area contributed by atoms with Gasteiger partial charge < -0.3 is 15.4 Å². The fraction of sp³-hybridized carbons (Fsp3) is 0.750.